The molecule has 1 aliphatic heterocycles. The molecule has 2 N–H and O–H groups in total. The summed E-state index contributed by atoms with van der Waals surface area (Å²) in [5.74, 6) is -0.0547. The van der Waals surface area contributed by atoms with Crippen LogP contribution < -0.4 is 5.32 Å². The number of carbonyl (C=O) groups excluding carboxylic acids is 1. The molecule has 1 atom stereocenters. The number of methoxy groups -OCH3 is 1. The number of hydrogen-bond donors (Lipinski definition) is 2. The first-order valence-electron chi connectivity index (χ1n) is 4.85. The van der Waals surface area contributed by atoms with Gasteiger partial charge in [-0.2, -0.15) is 0 Å². The smallest absolute Gasteiger partial charge is 0.327 e. The molecular formula is C11H13NO3. The van der Waals surface area contributed by atoms with Crippen LogP contribution in [0.4, 0.5) is 0 Å². The van der Waals surface area contributed by atoms with Gasteiger partial charge in [-0.05, 0) is 29.7 Å². The summed E-state index contributed by atoms with van der Waals surface area (Å²) in [7, 11) is 1.37. The predicted octanol–water partition coefficient (Wildman–Crippen LogP) is 0.752. The zero-order chi connectivity index (χ0) is 10.8. The van der Waals surface area contributed by atoms with Crippen LogP contribution in [0.1, 0.15) is 17.2 Å². The Bertz CT molecular complexity index is 389. The van der Waals surface area contributed by atoms with Gasteiger partial charge >= 0.3 is 5.97 Å². The zero-order valence-electron chi connectivity index (χ0n) is 8.49. The molecule has 15 heavy (non-hydrogen) atoms. The summed E-state index contributed by atoms with van der Waals surface area (Å²) in [6.45, 7) is 0.718. The number of esters is 1. The second-order valence-corrected chi connectivity index (χ2v) is 3.54. The van der Waals surface area contributed by atoms with Gasteiger partial charge in [-0.3, -0.25) is 0 Å². The van der Waals surface area contributed by atoms with Crippen LogP contribution in [0.2, 0.25) is 0 Å². The molecule has 0 saturated heterocycles. The fraction of sp³-hybridized carbons (Fsp3) is 0.364. The van der Waals surface area contributed by atoms with Gasteiger partial charge in [0, 0.05) is 6.54 Å². The molecule has 1 aromatic carbocycles. The quantitative estimate of drug-likeness (QED) is 0.667. The van der Waals surface area contributed by atoms with Gasteiger partial charge in [0.2, 0.25) is 0 Å². The Balaban J connectivity index is 2.38. The molecule has 0 fully saturated rings. The molecule has 0 amide bonds. The molecule has 0 unspecified atom stereocenters. The maximum absolute atomic E-state index is 11.5. The fourth-order valence-electron chi connectivity index (χ4n) is 1.88. The average molecular weight is 207 g/mol. The number of ether oxygens (including phenoxy) is 1. The summed E-state index contributed by atoms with van der Waals surface area (Å²) in [5, 5.41) is 12.4. The normalized spacial score (nSPS) is 19.4. The molecule has 0 aromatic heterocycles. The summed E-state index contributed by atoms with van der Waals surface area (Å²) in [6, 6.07) is 4.64. The Kier molecular flexibility index (Phi) is 2.60. The van der Waals surface area contributed by atoms with Gasteiger partial charge in [0.1, 0.15) is 11.8 Å². The lowest BCUT2D eigenvalue weighted by molar-refractivity contribution is -0.143. The van der Waals surface area contributed by atoms with Crippen molar-refractivity contribution in [1.82, 2.24) is 5.32 Å². The highest BCUT2D eigenvalue weighted by atomic mass is 16.5. The van der Waals surface area contributed by atoms with E-state index < -0.39 is 6.04 Å². The highest BCUT2D eigenvalue weighted by Gasteiger charge is 2.26. The van der Waals surface area contributed by atoms with Crippen molar-refractivity contribution in [1.29, 1.82) is 0 Å². The maximum atomic E-state index is 11.5. The topological polar surface area (TPSA) is 58.6 Å². The van der Waals surface area contributed by atoms with E-state index in [1.54, 1.807) is 18.2 Å². The molecule has 4 heteroatoms. The second-order valence-electron chi connectivity index (χ2n) is 3.54. The molecule has 0 bridgehead atoms. The third-order valence-corrected chi connectivity index (χ3v) is 2.62. The van der Waals surface area contributed by atoms with E-state index in [2.05, 4.69) is 5.32 Å². The maximum Gasteiger partial charge on any atom is 0.327 e. The number of aromatic hydroxyl groups is 1. The molecule has 0 saturated carbocycles. The Morgan fingerprint density at radius 2 is 2.40 bits per heavy atom. The van der Waals surface area contributed by atoms with Crippen LogP contribution in [0, 0.1) is 0 Å². The number of hydrogen-bond acceptors (Lipinski definition) is 4. The lowest BCUT2D eigenvalue weighted by Crippen LogP contribution is -2.35. The van der Waals surface area contributed by atoms with Gasteiger partial charge in [0.05, 0.1) is 7.11 Å². The number of benzene rings is 1. The molecular weight excluding hydrogens is 194 g/mol. The third-order valence-electron chi connectivity index (χ3n) is 2.62. The van der Waals surface area contributed by atoms with Crippen molar-refractivity contribution < 1.29 is 14.6 Å². The van der Waals surface area contributed by atoms with Crippen LogP contribution in [0.3, 0.4) is 0 Å². The molecule has 4 nitrogen and oxygen atoms in total. The van der Waals surface area contributed by atoms with Crippen molar-refractivity contribution in [2.45, 2.75) is 12.5 Å². The van der Waals surface area contributed by atoms with Gasteiger partial charge in [0.25, 0.3) is 0 Å². The minimum Gasteiger partial charge on any atom is -0.508 e. The predicted molar refractivity (Wildman–Crippen MR) is 54.6 cm³/mol. The van der Waals surface area contributed by atoms with E-state index >= 15 is 0 Å². The molecule has 2 rings (SSSR count). The molecule has 1 aliphatic rings. The Labute approximate surface area is 87.9 Å². The van der Waals surface area contributed by atoms with Crippen molar-refractivity contribution in [3.05, 3.63) is 29.3 Å². The average Bonchev–Trinajstić information content (AvgIpc) is 2.26. The number of nitrogens with one attached hydrogen (secondary N) is 1. The van der Waals surface area contributed by atoms with Crippen LogP contribution in [-0.2, 0) is 16.0 Å². The Hall–Kier alpha value is -1.55. The summed E-state index contributed by atoms with van der Waals surface area (Å²) in [6.07, 6.45) is 0.817. The minimum atomic E-state index is -0.403. The lowest BCUT2D eigenvalue weighted by Gasteiger charge is -2.24. The van der Waals surface area contributed by atoms with Crippen LogP contribution in [0.25, 0.3) is 0 Å². The zero-order valence-corrected chi connectivity index (χ0v) is 8.49. The Morgan fingerprint density at radius 1 is 1.60 bits per heavy atom. The monoisotopic (exact) mass is 207 g/mol. The van der Waals surface area contributed by atoms with E-state index in [0.717, 1.165) is 24.1 Å². The van der Waals surface area contributed by atoms with Crippen LogP contribution >= 0.6 is 0 Å². The SMILES string of the molecule is COC(=O)[C@H]1NCCc2cc(O)ccc21. The summed E-state index contributed by atoms with van der Waals surface area (Å²) < 4.78 is 4.71. The molecule has 0 aliphatic carbocycles. The molecule has 0 radical (unpaired) electrons. The largest absolute Gasteiger partial charge is 0.508 e. The van der Waals surface area contributed by atoms with Crippen molar-refractivity contribution in [2.75, 3.05) is 13.7 Å². The van der Waals surface area contributed by atoms with E-state index in [1.165, 1.54) is 7.11 Å². The summed E-state index contributed by atoms with van der Waals surface area (Å²) in [4.78, 5) is 11.5. The summed E-state index contributed by atoms with van der Waals surface area (Å²) in [5.41, 5.74) is 1.90. The first-order valence-corrected chi connectivity index (χ1v) is 4.85. The van der Waals surface area contributed by atoms with Gasteiger partial charge < -0.3 is 15.2 Å². The van der Waals surface area contributed by atoms with E-state index in [0.29, 0.717) is 0 Å². The van der Waals surface area contributed by atoms with E-state index in [4.69, 9.17) is 4.74 Å². The first-order chi connectivity index (χ1) is 7.22. The first kappa shape index (κ1) is 9.98. The van der Waals surface area contributed by atoms with Gasteiger partial charge in [0.15, 0.2) is 0 Å². The van der Waals surface area contributed by atoms with Crippen molar-refractivity contribution in [3.63, 3.8) is 0 Å². The van der Waals surface area contributed by atoms with Crippen LogP contribution in [0.15, 0.2) is 18.2 Å². The molecule has 80 valence electrons. The molecule has 0 spiro atoms. The standard InChI is InChI=1S/C11H13NO3/c1-15-11(14)10-9-3-2-8(13)6-7(9)4-5-12-10/h2-3,6,10,12-13H,4-5H2,1H3/t10-/m0/s1. The van der Waals surface area contributed by atoms with E-state index in [1.807, 2.05) is 0 Å². The van der Waals surface area contributed by atoms with Crippen LogP contribution in [0.5, 0.6) is 5.75 Å². The highest BCUT2D eigenvalue weighted by Crippen LogP contribution is 2.26. The molecule has 1 heterocycles. The number of fused-ring (bicyclic) bond motifs is 1. The Morgan fingerprint density at radius 3 is 3.13 bits per heavy atom. The van der Waals surface area contributed by atoms with Crippen LogP contribution in [-0.4, -0.2) is 24.7 Å². The van der Waals surface area contributed by atoms with Crippen molar-refractivity contribution >= 4 is 5.97 Å². The van der Waals surface area contributed by atoms with Crippen molar-refractivity contribution in [2.24, 2.45) is 0 Å². The minimum absolute atomic E-state index is 0.235. The lowest BCUT2D eigenvalue weighted by atomic mass is 9.94. The van der Waals surface area contributed by atoms with Crippen molar-refractivity contribution in [3.8, 4) is 5.75 Å². The number of phenols is 1. The van der Waals surface area contributed by atoms with Gasteiger partial charge in [-0.25, -0.2) is 4.79 Å². The highest BCUT2D eigenvalue weighted by molar-refractivity contribution is 5.78. The van der Waals surface area contributed by atoms with Gasteiger partial charge in [-0.1, -0.05) is 6.07 Å². The fourth-order valence-corrected chi connectivity index (χ4v) is 1.88. The third kappa shape index (κ3) is 1.80. The van der Waals surface area contributed by atoms with Gasteiger partial charge in [-0.15, -0.1) is 0 Å². The van der Waals surface area contributed by atoms with E-state index in [-0.39, 0.29) is 11.7 Å². The number of carbonyl (C=O) groups is 1. The number of rotatable bonds is 1. The summed E-state index contributed by atoms with van der Waals surface area (Å²) >= 11 is 0. The molecule has 1 aromatic rings. The second kappa shape index (κ2) is 3.90. The van der Waals surface area contributed by atoms with E-state index in [9.17, 15) is 9.90 Å². The number of phenolic OH excluding ortho intramolecular Hbond substituents is 1.